The molecule has 0 saturated carbocycles. The van der Waals surface area contributed by atoms with E-state index >= 15 is 0 Å². The maximum atomic E-state index is 9.89. The minimum Gasteiger partial charge on any atom is -0.508 e. The van der Waals surface area contributed by atoms with Gasteiger partial charge in [0.05, 0.1) is 0 Å². The summed E-state index contributed by atoms with van der Waals surface area (Å²) < 4.78 is 0. The van der Waals surface area contributed by atoms with Crippen LogP contribution in [0.2, 0.25) is 0 Å². The van der Waals surface area contributed by atoms with E-state index in [0.717, 1.165) is 12.8 Å². The SMILES string of the molecule is O=CNc1cccc(O)c1.O=CNc1cccc(O)c1.[C-]1=CC=CC1.[C-]1=CC=CC1.[Zr+2]. The quantitative estimate of drug-likeness (QED) is 0.370. The summed E-state index contributed by atoms with van der Waals surface area (Å²) in [7, 11) is 0. The van der Waals surface area contributed by atoms with Gasteiger partial charge in [0, 0.05) is 23.5 Å². The number of hydrogen-bond acceptors (Lipinski definition) is 4. The number of anilines is 2. The van der Waals surface area contributed by atoms with Gasteiger partial charge in [0.1, 0.15) is 11.5 Å². The first kappa shape index (κ1) is 27.8. The molecule has 2 amide bonds. The van der Waals surface area contributed by atoms with Gasteiger partial charge in [0.25, 0.3) is 0 Å². The van der Waals surface area contributed by atoms with Gasteiger partial charge in [-0.2, -0.15) is 12.2 Å². The summed E-state index contributed by atoms with van der Waals surface area (Å²) in [6, 6.07) is 12.7. The fraction of sp³-hybridized carbons (Fsp3) is 0.0833. The van der Waals surface area contributed by atoms with Crippen LogP contribution in [-0.2, 0) is 35.8 Å². The molecule has 7 heteroatoms. The topological polar surface area (TPSA) is 98.7 Å². The number of carbonyl (C=O) groups is 2. The molecule has 0 bridgehead atoms. The van der Waals surface area contributed by atoms with Gasteiger partial charge in [-0.25, -0.2) is 24.3 Å². The van der Waals surface area contributed by atoms with E-state index in [0.29, 0.717) is 24.2 Å². The van der Waals surface area contributed by atoms with E-state index in [4.69, 9.17) is 10.2 Å². The summed E-state index contributed by atoms with van der Waals surface area (Å²) >= 11 is 0. The van der Waals surface area contributed by atoms with Crippen molar-refractivity contribution < 1.29 is 46.0 Å². The second-order valence-electron chi connectivity index (χ2n) is 5.63. The van der Waals surface area contributed by atoms with Crippen molar-refractivity contribution in [2.45, 2.75) is 12.8 Å². The standard InChI is InChI=1S/2C7H7NO2.2C5H5.Zr/c2*9-5-8-6-2-1-3-7(10)4-6;2*1-2-4-5-3-1;/h2*1-5,10H,(H,8,9);2*1-3H,4H2;/q;;2*-1;+2. The summed E-state index contributed by atoms with van der Waals surface area (Å²) in [4.78, 5) is 19.8. The largest absolute Gasteiger partial charge is 2.00 e. The number of carbonyl (C=O) groups excluding carboxylic acids is 2. The van der Waals surface area contributed by atoms with Crippen LogP contribution in [0.4, 0.5) is 11.4 Å². The van der Waals surface area contributed by atoms with Crippen LogP contribution in [0.3, 0.4) is 0 Å². The molecule has 158 valence electrons. The van der Waals surface area contributed by atoms with Gasteiger partial charge in [0.15, 0.2) is 0 Å². The first-order valence-corrected chi connectivity index (χ1v) is 9.07. The summed E-state index contributed by atoms with van der Waals surface area (Å²) in [6.07, 6.45) is 21.1. The van der Waals surface area contributed by atoms with Crippen molar-refractivity contribution in [2.24, 2.45) is 0 Å². The Morgan fingerprint density at radius 1 is 0.742 bits per heavy atom. The van der Waals surface area contributed by atoms with Crippen molar-refractivity contribution in [3.63, 3.8) is 0 Å². The van der Waals surface area contributed by atoms with Gasteiger partial charge in [-0.1, -0.05) is 12.1 Å². The molecule has 31 heavy (non-hydrogen) atoms. The van der Waals surface area contributed by atoms with E-state index in [2.05, 4.69) is 34.9 Å². The Labute approximate surface area is 201 Å². The molecule has 4 N–H and O–H groups in total. The molecule has 0 aromatic heterocycles. The molecule has 2 aliphatic rings. The Morgan fingerprint density at radius 3 is 1.39 bits per heavy atom. The summed E-state index contributed by atoms with van der Waals surface area (Å²) in [5, 5.41) is 22.6. The van der Waals surface area contributed by atoms with Crippen LogP contribution < -0.4 is 10.6 Å². The number of hydrogen-bond donors (Lipinski definition) is 4. The smallest absolute Gasteiger partial charge is 0.508 e. The molecular formula is C24H24N2O4Zr. The van der Waals surface area contributed by atoms with Crippen molar-refractivity contribution in [1.82, 2.24) is 0 Å². The van der Waals surface area contributed by atoms with E-state index in [1.54, 1.807) is 24.3 Å². The molecule has 2 aromatic rings. The van der Waals surface area contributed by atoms with Crippen molar-refractivity contribution in [3.05, 3.63) is 97.1 Å². The van der Waals surface area contributed by atoms with Gasteiger partial charge in [0.2, 0.25) is 12.8 Å². The predicted octanol–water partition coefficient (Wildman–Crippen LogP) is 4.53. The first-order chi connectivity index (χ1) is 14.7. The maximum absolute atomic E-state index is 9.89. The van der Waals surface area contributed by atoms with Gasteiger partial charge >= 0.3 is 26.2 Å². The molecule has 0 heterocycles. The molecule has 0 aliphatic heterocycles. The zero-order valence-corrected chi connectivity index (χ0v) is 19.3. The van der Waals surface area contributed by atoms with Gasteiger partial charge in [-0.3, -0.25) is 21.7 Å². The molecule has 0 radical (unpaired) electrons. The molecule has 0 saturated heterocycles. The molecule has 0 unspecified atom stereocenters. The Kier molecular flexibility index (Phi) is 16.9. The average Bonchev–Trinajstić information content (AvgIpc) is 3.48. The van der Waals surface area contributed by atoms with Crippen molar-refractivity contribution >= 4 is 24.2 Å². The van der Waals surface area contributed by atoms with E-state index < -0.39 is 0 Å². The van der Waals surface area contributed by atoms with Gasteiger partial charge in [-0.05, 0) is 24.3 Å². The molecule has 2 aromatic carbocycles. The molecule has 4 rings (SSSR count). The van der Waals surface area contributed by atoms with Gasteiger partial charge < -0.3 is 20.8 Å². The second kappa shape index (κ2) is 18.8. The molecule has 0 fully saturated rings. The first-order valence-electron chi connectivity index (χ1n) is 9.07. The number of phenolic OH excluding ortho intramolecular Hbond substituents is 2. The monoisotopic (exact) mass is 494 g/mol. The van der Waals surface area contributed by atoms with Crippen LogP contribution in [0.25, 0.3) is 0 Å². The number of aromatic hydroxyl groups is 2. The predicted molar refractivity (Wildman–Crippen MR) is 119 cm³/mol. The van der Waals surface area contributed by atoms with Crippen LogP contribution in [0.5, 0.6) is 11.5 Å². The average molecular weight is 496 g/mol. The van der Waals surface area contributed by atoms with E-state index in [1.165, 1.54) is 24.3 Å². The Hall–Kier alpha value is -3.18. The molecule has 0 spiro atoms. The minimum atomic E-state index is 0. The van der Waals surface area contributed by atoms with Crippen molar-refractivity contribution in [2.75, 3.05) is 10.6 Å². The Bertz CT molecular complexity index is 799. The number of allylic oxidation sites excluding steroid dienone is 8. The number of benzene rings is 2. The zero-order valence-electron chi connectivity index (χ0n) is 16.9. The summed E-state index contributed by atoms with van der Waals surface area (Å²) in [6.45, 7) is 0. The fourth-order valence-electron chi connectivity index (χ4n) is 2.01. The summed E-state index contributed by atoms with van der Waals surface area (Å²) in [5.74, 6) is 0.290. The van der Waals surface area contributed by atoms with Crippen LogP contribution in [0.1, 0.15) is 12.8 Å². The molecule has 0 atom stereocenters. The van der Waals surface area contributed by atoms with E-state index in [1.807, 2.05) is 24.3 Å². The van der Waals surface area contributed by atoms with Crippen LogP contribution in [0, 0.1) is 12.2 Å². The van der Waals surface area contributed by atoms with Crippen molar-refractivity contribution in [3.8, 4) is 11.5 Å². The maximum Gasteiger partial charge on any atom is 2.00 e. The van der Waals surface area contributed by atoms with E-state index in [9.17, 15) is 9.59 Å². The third-order valence-electron chi connectivity index (χ3n) is 3.32. The minimum absolute atomic E-state index is 0. The number of amides is 2. The summed E-state index contributed by atoms with van der Waals surface area (Å²) in [5.41, 5.74) is 1.19. The van der Waals surface area contributed by atoms with Gasteiger partial charge in [-0.15, -0.1) is 12.8 Å². The van der Waals surface area contributed by atoms with Crippen LogP contribution in [0.15, 0.2) is 85.0 Å². The Morgan fingerprint density at radius 2 is 1.16 bits per heavy atom. The second-order valence-corrected chi connectivity index (χ2v) is 5.63. The van der Waals surface area contributed by atoms with Crippen molar-refractivity contribution in [1.29, 1.82) is 0 Å². The molecular weight excluding hydrogens is 471 g/mol. The number of nitrogens with one attached hydrogen (secondary N) is 2. The van der Waals surface area contributed by atoms with Crippen LogP contribution in [-0.4, -0.2) is 23.0 Å². The van der Waals surface area contributed by atoms with Crippen LogP contribution >= 0.6 is 0 Å². The number of rotatable bonds is 4. The third-order valence-corrected chi connectivity index (χ3v) is 3.32. The molecule has 6 nitrogen and oxygen atoms in total. The zero-order chi connectivity index (χ0) is 21.9. The fourth-order valence-corrected chi connectivity index (χ4v) is 2.01. The van der Waals surface area contributed by atoms with E-state index in [-0.39, 0.29) is 37.7 Å². The Balaban J connectivity index is 0.000000401. The molecule has 2 aliphatic carbocycles. The normalized spacial score (nSPS) is 11.4. The number of phenols is 2. The third kappa shape index (κ3) is 15.3.